The van der Waals surface area contributed by atoms with E-state index in [1.54, 1.807) is 30.3 Å². The number of imidazole rings is 1. The van der Waals surface area contributed by atoms with Crippen LogP contribution in [0.15, 0.2) is 36.4 Å². The number of hydrogen-bond donors (Lipinski definition) is 1. The van der Waals surface area contributed by atoms with Gasteiger partial charge in [-0.05, 0) is 12.1 Å². The molecule has 8 nitrogen and oxygen atoms in total. The first-order valence-corrected chi connectivity index (χ1v) is 9.58. The van der Waals surface area contributed by atoms with E-state index < -0.39 is 17.3 Å². The first-order valence-electron chi connectivity index (χ1n) is 8.45. The Labute approximate surface area is 185 Å². The number of benzene rings is 2. The van der Waals surface area contributed by atoms with E-state index in [0.29, 0.717) is 11.1 Å². The molecule has 0 fully saturated rings. The van der Waals surface area contributed by atoms with Gasteiger partial charge in [0.2, 0.25) is 0 Å². The van der Waals surface area contributed by atoms with E-state index in [2.05, 4.69) is 4.98 Å². The minimum absolute atomic E-state index is 0.0317. The highest BCUT2D eigenvalue weighted by Crippen LogP contribution is 2.38. The van der Waals surface area contributed by atoms with Crippen LogP contribution in [-0.2, 0) is 17.8 Å². The standard InChI is InChI=1S/C19H14Cl3N3O5/c1-30-17-12(20)6-11(7-13(17)21)19-23-18(22)15(8-16(26)27)24(19)9-10-4-2-3-5-14(10)25(28)29/h2-7H,8-9H2,1H3,(H,26,27). The maximum atomic E-state index is 11.4. The van der Waals surface area contributed by atoms with Crippen LogP contribution in [0.4, 0.5) is 5.69 Å². The minimum Gasteiger partial charge on any atom is -0.494 e. The summed E-state index contributed by atoms with van der Waals surface area (Å²) in [4.78, 5) is 26.5. The summed E-state index contributed by atoms with van der Waals surface area (Å²) in [5, 5.41) is 21.1. The molecule has 0 saturated heterocycles. The van der Waals surface area contributed by atoms with Crippen molar-refractivity contribution in [1.29, 1.82) is 0 Å². The van der Waals surface area contributed by atoms with E-state index in [4.69, 9.17) is 39.5 Å². The number of rotatable bonds is 7. The summed E-state index contributed by atoms with van der Waals surface area (Å²) < 4.78 is 6.65. The number of nitrogens with zero attached hydrogens (tertiary/aromatic N) is 3. The predicted octanol–water partition coefficient (Wildman–Crippen LogP) is 5.10. The quantitative estimate of drug-likeness (QED) is 0.380. The van der Waals surface area contributed by atoms with Gasteiger partial charge in [-0.15, -0.1) is 0 Å². The van der Waals surface area contributed by atoms with Crippen LogP contribution < -0.4 is 4.74 Å². The normalized spacial score (nSPS) is 10.8. The Morgan fingerprint density at radius 1 is 1.23 bits per heavy atom. The number of para-hydroxylation sites is 1. The molecule has 0 aliphatic heterocycles. The van der Waals surface area contributed by atoms with Crippen LogP contribution in [0.3, 0.4) is 0 Å². The molecule has 2 aromatic carbocycles. The van der Waals surface area contributed by atoms with Crippen LogP contribution >= 0.6 is 34.8 Å². The number of nitro groups is 1. The maximum Gasteiger partial charge on any atom is 0.309 e. The van der Waals surface area contributed by atoms with Gasteiger partial charge >= 0.3 is 5.97 Å². The lowest BCUT2D eigenvalue weighted by molar-refractivity contribution is -0.385. The number of carboxylic acid groups (broad SMARTS) is 1. The summed E-state index contributed by atoms with van der Waals surface area (Å²) in [7, 11) is 1.42. The molecular formula is C19H14Cl3N3O5. The van der Waals surface area contributed by atoms with Crippen LogP contribution in [-0.4, -0.2) is 32.7 Å². The van der Waals surface area contributed by atoms with Crippen LogP contribution in [0.25, 0.3) is 11.4 Å². The Morgan fingerprint density at radius 3 is 2.43 bits per heavy atom. The third-order valence-electron chi connectivity index (χ3n) is 4.32. The SMILES string of the molecule is COc1c(Cl)cc(-c2nc(Cl)c(CC(=O)O)n2Cc2ccccc2[N+](=O)[O-])cc1Cl. The highest BCUT2D eigenvalue weighted by atomic mass is 35.5. The van der Waals surface area contributed by atoms with Crippen molar-refractivity contribution in [1.82, 2.24) is 9.55 Å². The molecule has 11 heteroatoms. The molecule has 3 aromatic rings. The lowest BCUT2D eigenvalue weighted by Gasteiger charge is -2.13. The molecule has 1 aromatic heterocycles. The number of aromatic nitrogens is 2. The Morgan fingerprint density at radius 2 is 1.87 bits per heavy atom. The second kappa shape index (κ2) is 8.91. The summed E-state index contributed by atoms with van der Waals surface area (Å²) >= 11 is 18.7. The number of methoxy groups -OCH3 is 1. The molecule has 1 heterocycles. The van der Waals surface area contributed by atoms with E-state index in [9.17, 15) is 20.0 Å². The van der Waals surface area contributed by atoms with E-state index in [0.717, 1.165) is 0 Å². The summed E-state index contributed by atoms with van der Waals surface area (Å²) in [5.74, 6) is -0.588. The second-order valence-electron chi connectivity index (χ2n) is 6.19. The zero-order valence-corrected chi connectivity index (χ0v) is 17.7. The third kappa shape index (κ3) is 4.35. The highest BCUT2D eigenvalue weighted by Gasteiger charge is 2.23. The Bertz CT molecular complexity index is 1120. The molecule has 30 heavy (non-hydrogen) atoms. The van der Waals surface area contributed by atoms with Crippen LogP contribution in [0.2, 0.25) is 15.2 Å². The number of ether oxygens (including phenoxy) is 1. The monoisotopic (exact) mass is 469 g/mol. The number of halogens is 3. The summed E-state index contributed by atoms with van der Waals surface area (Å²) in [5.41, 5.74) is 0.888. The van der Waals surface area contributed by atoms with Crippen LogP contribution in [0, 0.1) is 10.1 Å². The summed E-state index contributed by atoms with van der Waals surface area (Å²) in [6.45, 7) is -0.0317. The molecule has 0 unspecified atom stereocenters. The van der Waals surface area contributed by atoms with Gasteiger partial charge in [-0.1, -0.05) is 53.0 Å². The van der Waals surface area contributed by atoms with Gasteiger partial charge in [-0.3, -0.25) is 14.9 Å². The van der Waals surface area contributed by atoms with Gasteiger partial charge in [-0.25, -0.2) is 4.98 Å². The fourth-order valence-electron chi connectivity index (χ4n) is 3.04. The first-order chi connectivity index (χ1) is 14.2. The van der Waals surface area contributed by atoms with Crippen molar-refractivity contribution in [2.75, 3.05) is 7.11 Å². The number of nitro benzene ring substituents is 1. The topological polar surface area (TPSA) is 107 Å². The van der Waals surface area contributed by atoms with E-state index >= 15 is 0 Å². The van der Waals surface area contributed by atoms with Crippen molar-refractivity contribution in [3.05, 3.63) is 73.0 Å². The molecule has 1 N–H and O–H groups in total. The first kappa shape index (κ1) is 21.9. The predicted molar refractivity (Wildman–Crippen MR) is 113 cm³/mol. The van der Waals surface area contributed by atoms with Crippen molar-refractivity contribution in [2.24, 2.45) is 0 Å². The number of aliphatic carboxylic acids is 1. The summed E-state index contributed by atoms with van der Waals surface area (Å²) in [6, 6.07) is 9.24. The van der Waals surface area contributed by atoms with Crippen molar-refractivity contribution in [3.8, 4) is 17.1 Å². The third-order valence-corrected chi connectivity index (χ3v) is 5.18. The molecule has 0 bridgehead atoms. The van der Waals surface area contributed by atoms with Crippen molar-refractivity contribution < 1.29 is 19.6 Å². The fraction of sp³-hybridized carbons (Fsp3) is 0.158. The lowest BCUT2D eigenvalue weighted by atomic mass is 10.1. The molecule has 3 rings (SSSR count). The summed E-state index contributed by atoms with van der Waals surface area (Å²) in [6.07, 6.45) is -0.427. The minimum atomic E-state index is -1.13. The van der Waals surface area contributed by atoms with E-state index in [1.807, 2.05) is 0 Å². The average Bonchev–Trinajstić information content (AvgIpc) is 2.97. The number of carbonyl (C=O) groups is 1. The molecule has 0 spiro atoms. The van der Waals surface area contributed by atoms with Gasteiger partial charge in [0, 0.05) is 17.2 Å². The number of carboxylic acids is 1. The zero-order chi connectivity index (χ0) is 22.0. The van der Waals surface area contributed by atoms with Gasteiger partial charge in [-0.2, -0.15) is 0 Å². The van der Waals surface area contributed by atoms with E-state index in [-0.39, 0.29) is 44.7 Å². The van der Waals surface area contributed by atoms with Crippen molar-refractivity contribution >= 4 is 46.5 Å². The van der Waals surface area contributed by atoms with Crippen molar-refractivity contribution in [2.45, 2.75) is 13.0 Å². The van der Waals surface area contributed by atoms with E-state index in [1.165, 1.54) is 17.7 Å². The van der Waals surface area contributed by atoms with Gasteiger partial charge < -0.3 is 14.4 Å². The largest absolute Gasteiger partial charge is 0.494 e. The molecule has 0 aliphatic carbocycles. The Balaban J connectivity index is 2.21. The molecule has 0 saturated carbocycles. The zero-order valence-electron chi connectivity index (χ0n) is 15.4. The van der Waals surface area contributed by atoms with Gasteiger partial charge in [0.05, 0.1) is 40.7 Å². The lowest BCUT2D eigenvalue weighted by Crippen LogP contribution is -2.12. The molecule has 0 amide bonds. The second-order valence-corrected chi connectivity index (χ2v) is 7.36. The highest BCUT2D eigenvalue weighted by molar-refractivity contribution is 6.37. The average molecular weight is 471 g/mol. The molecule has 0 aliphatic rings. The molecule has 0 radical (unpaired) electrons. The maximum absolute atomic E-state index is 11.4. The fourth-order valence-corrected chi connectivity index (χ4v) is 3.93. The Kier molecular flexibility index (Phi) is 6.50. The van der Waals surface area contributed by atoms with Gasteiger partial charge in [0.1, 0.15) is 5.82 Å². The smallest absolute Gasteiger partial charge is 0.309 e. The Hall–Kier alpha value is -2.81. The van der Waals surface area contributed by atoms with Crippen molar-refractivity contribution in [3.63, 3.8) is 0 Å². The molecular weight excluding hydrogens is 457 g/mol. The van der Waals surface area contributed by atoms with Gasteiger partial charge in [0.25, 0.3) is 5.69 Å². The van der Waals surface area contributed by atoms with Crippen LogP contribution in [0.1, 0.15) is 11.3 Å². The van der Waals surface area contributed by atoms with Crippen LogP contribution in [0.5, 0.6) is 5.75 Å². The molecule has 156 valence electrons. The molecule has 0 atom stereocenters. The number of hydrogen-bond acceptors (Lipinski definition) is 5. The van der Waals surface area contributed by atoms with Gasteiger partial charge in [0.15, 0.2) is 10.9 Å².